The lowest BCUT2D eigenvalue weighted by Gasteiger charge is -2.22. The molecule has 0 aromatic rings. The molecule has 0 amide bonds. The second-order valence-corrected chi connectivity index (χ2v) is 9.11. The minimum Gasteiger partial charge on any atom is -0.466 e. The minimum atomic E-state index is -0.493. The summed E-state index contributed by atoms with van der Waals surface area (Å²) in [6.45, 7) is 7.35. The number of thioether (sulfide) groups is 1. The number of hydrogen-bond acceptors (Lipinski definition) is 11. The van der Waals surface area contributed by atoms with E-state index < -0.39 is 23.9 Å². The van der Waals surface area contributed by atoms with E-state index in [2.05, 4.69) is 10.6 Å². The summed E-state index contributed by atoms with van der Waals surface area (Å²) in [7, 11) is 2.59. The monoisotopic (exact) mass is 508 g/mol. The number of ether oxygens (including phenoxy) is 4. The number of esters is 4. The summed E-state index contributed by atoms with van der Waals surface area (Å²) in [5, 5.41) is 6.03. The highest BCUT2D eigenvalue weighted by Crippen LogP contribution is 2.26. The Morgan fingerprint density at radius 1 is 0.629 bits per heavy atom. The summed E-state index contributed by atoms with van der Waals surface area (Å²) < 4.78 is 20.2. The molecule has 0 aliphatic carbocycles. The topological polar surface area (TPSA) is 129 Å². The van der Waals surface area contributed by atoms with E-state index in [-0.39, 0.29) is 26.1 Å². The molecular weight excluding hydrogens is 476 g/mol. The van der Waals surface area contributed by atoms with Crippen LogP contribution < -0.4 is 10.6 Å². The molecule has 0 saturated carbocycles. The van der Waals surface area contributed by atoms with Gasteiger partial charge in [-0.05, 0) is 27.7 Å². The molecule has 0 saturated heterocycles. The number of allylic oxidation sites excluding steroid dienone is 4. The highest BCUT2D eigenvalue weighted by atomic mass is 32.2. The number of rotatable bonds is 10. The average Bonchev–Trinajstić information content (AvgIpc) is 2.82. The predicted octanol–water partition coefficient (Wildman–Crippen LogP) is 2.23. The van der Waals surface area contributed by atoms with Crippen LogP contribution in [-0.2, 0) is 38.1 Å². The molecule has 0 bridgehead atoms. The Balaban J connectivity index is 1.71. The zero-order valence-electron chi connectivity index (χ0n) is 20.9. The van der Waals surface area contributed by atoms with Gasteiger partial charge in [0.15, 0.2) is 0 Å². The van der Waals surface area contributed by atoms with E-state index >= 15 is 0 Å². The quantitative estimate of drug-likeness (QED) is 0.256. The van der Waals surface area contributed by atoms with Crippen molar-refractivity contribution in [2.75, 3.05) is 38.9 Å². The first-order valence-corrected chi connectivity index (χ1v) is 12.2. The molecule has 192 valence electrons. The van der Waals surface area contributed by atoms with Crippen LogP contribution in [0.1, 0.15) is 40.5 Å². The Labute approximate surface area is 209 Å². The van der Waals surface area contributed by atoms with E-state index in [0.29, 0.717) is 56.6 Å². The van der Waals surface area contributed by atoms with Gasteiger partial charge in [-0.2, -0.15) is 11.8 Å². The average molecular weight is 509 g/mol. The Bertz CT molecular complexity index is 943. The van der Waals surface area contributed by atoms with Gasteiger partial charge in [-0.1, -0.05) is 0 Å². The molecule has 0 radical (unpaired) electrons. The van der Waals surface area contributed by atoms with Gasteiger partial charge >= 0.3 is 23.9 Å². The van der Waals surface area contributed by atoms with Crippen LogP contribution in [0.2, 0.25) is 0 Å². The molecule has 11 heteroatoms. The lowest BCUT2D eigenvalue weighted by atomic mass is 9.98. The van der Waals surface area contributed by atoms with Crippen molar-refractivity contribution in [2.45, 2.75) is 40.5 Å². The van der Waals surface area contributed by atoms with Gasteiger partial charge in [-0.3, -0.25) is 0 Å². The van der Waals surface area contributed by atoms with E-state index in [1.807, 2.05) is 0 Å². The largest absolute Gasteiger partial charge is 0.466 e. The highest BCUT2D eigenvalue weighted by molar-refractivity contribution is 7.99. The smallest absolute Gasteiger partial charge is 0.336 e. The fourth-order valence-electron chi connectivity index (χ4n) is 3.56. The third-order valence-electron chi connectivity index (χ3n) is 5.55. The molecule has 2 rings (SSSR count). The molecule has 0 atom stereocenters. The van der Waals surface area contributed by atoms with E-state index in [1.54, 1.807) is 27.7 Å². The number of carbonyl (C=O) groups is 4. The van der Waals surface area contributed by atoms with Crippen LogP contribution in [0.5, 0.6) is 0 Å². The molecule has 2 heterocycles. The van der Waals surface area contributed by atoms with E-state index in [0.717, 1.165) is 0 Å². The zero-order chi connectivity index (χ0) is 26.1. The Morgan fingerprint density at radius 3 is 1.26 bits per heavy atom. The first-order chi connectivity index (χ1) is 16.6. The summed E-state index contributed by atoms with van der Waals surface area (Å²) >= 11 is 1.47. The molecule has 10 nitrogen and oxygen atoms in total. The van der Waals surface area contributed by atoms with Gasteiger partial charge in [0.1, 0.15) is 13.2 Å². The van der Waals surface area contributed by atoms with Crippen molar-refractivity contribution in [2.24, 2.45) is 0 Å². The SMILES string of the molecule is COC(=O)C1=C(C)NC(C)=C(C(=O)OCCSCCOC(=O)C2=C(C)NC(C)=C(C(=O)OC)C2)C1. The van der Waals surface area contributed by atoms with Gasteiger partial charge < -0.3 is 29.6 Å². The van der Waals surface area contributed by atoms with E-state index in [4.69, 9.17) is 18.9 Å². The van der Waals surface area contributed by atoms with Gasteiger partial charge in [0.05, 0.1) is 36.5 Å². The summed E-state index contributed by atoms with van der Waals surface area (Å²) in [6, 6.07) is 0. The molecule has 35 heavy (non-hydrogen) atoms. The summed E-state index contributed by atoms with van der Waals surface area (Å²) in [6.07, 6.45) is 0.297. The predicted molar refractivity (Wildman–Crippen MR) is 130 cm³/mol. The molecule has 2 N–H and O–H groups in total. The normalized spacial score (nSPS) is 15.9. The van der Waals surface area contributed by atoms with Crippen molar-refractivity contribution >= 4 is 35.6 Å². The second-order valence-electron chi connectivity index (χ2n) is 7.89. The van der Waals surface area contributed by atoms with Crippen molar-refractivity contribution < 1.29 is 38.1 Å². The van der Waals surface area contributed by atoms with Gasteiger partial charge in [0.25, 0.3) is 0 Å². The Kier molecular flexibility index (Phi) is 10.4. The van der Waals surface area contributed by atoms with Crippen LogP contribution in [-0.4, -0.2) is 62.8 Å². The van der Waals surface area contributed by atoms with Crippen LogP contribution in [0.15, 0.2) is 45.1 Å². The van der Waals surface area contributed by atoms with Crippen LogP contribution in [0.4, 0.5) is 0 Å². The number of nitrogens with one attached hydrogen (secondary N) is 2. The molecule has 0 fully saturated rings. The van der Waals surface area contributed by atoms with Gasteiger partial charge in [0.2, 0.25) is 0 Å². The lowest BCUT2D eigenvalue weighted by Crippen LogP contribution is -2.27. The van der Waals surface area contributed by atoms with Crippen LogP contribution in [0.3, 0.4) is 0 Å². The summed E-state index contributed by atoms with van der Waals surface area (Å²) in [4.78, 5) is 48.7. The molecular formula is C24H32N2O8S. The second kappa shape index (κ2) is 13.0. The van der Waals surface area contributed by atoms with Crippen LogP contribution in [0.25, 0.3) is 0 Å². The van der Waals surface area contributed by atoms with E-state index in [9.17, 15) is 19.2 Å². The van der Waals surface area contributed by atoms with Gasteiger partial charge in [-0.25, -0.2) is 19.2 Å². The lowest BCUT2D eigenvalue weighted by molar-refractivity contribution is -0.140. The third kappa shape index (κ3) is 7.38. The molecule has 0 unspecified atom stereocenters. The maximum Gasteiger partial charge on any atom is 0.336 e. The number of carbonyl (C=O) groups excluding carboxylic acids is 4. The van der Waals surface area contributed by atoms with Crippen molar-refractivity contribution in [3.05, 3.63) is 45.1 Å². The van der Waals surface area contributed by atoms with Crippen molar-refractivity contribution in [3.63, 3.8) is 0 Å². The molecule has 0 aromatic carbocycles. The van der Waals surface area contributed by atoms with Crippen molar-refractivity contribution in [1.82, 2.24) is 10.6 Å². The maximum absolute atomic E-state index is 12.5. The molecule has 0 aromatic heterocycles. The van der Waals surface area contributed by atoms with Crippen LogP contribution >= 0.6 is 11.8 Å². The Hall–Kier alpha value is -3.21. The van der Waals surface area contributed by atoms with Gasteiger partial charge in [-0.15, -0.1) is 0 Å². The molecule has 2 aliphatic rings. The van der Waals surface area contributed by atoms with Crippen molar-refractivity contribution in [3.8, 4) is 0 Å². The van der Waals surface area contributed by atoms with Gasteiger partial charge in [0, 0.05) is 47.1 Å². The summed E-state index contributed by atoms with van der Waals surface area (Å²) in [5.41, 5.74) is 4.14. The minimum absolute atomic E-state index is 0.149. The van der Waals surface area contributed by atoms with Crippen molar-refractivity contribution in [1.29, 1.82) is 0 Å². The summed E-state index contributed by atoms with van der Waals surface area (Å²) in [5.74, 6) is -0.930. The maximum atomic E-state index is 12.5. The highest BCUT2D eigenvalue weighted by Gasteiger charge is 2.27. The number of dihydropyridines is 2. The number of methoxy groups -OCH3 is 2. The fourth-order valence-corrected chi connectivity index (χ4v) is 4.16. The Morgan fingerprint density at radius 2 is 0.943 bits per heavy atom. The number of hydrogen-bond donors (Lipinski definition) is 2. The zero-order valence-corrected chi connectivity index (χ0v) is 21.7. The van der Waals surface area contributed by atoms with E-state index in [1.165, 1.54) is 26.0 Å². The van der Waals surface area contributed by atoms with Crippen LogP contribution in [0, 0.1) is 0 Å². The first-order valence-electron chi connectivity index (χ1n) is 11.0. The molecule has 2 aliphatic heterocycles. The standard InChI is InChI=1S/C24H32N2O8S/c1-13-17(21(27)31-5)11-19(15(3)25-13)23(29)33-7-9-35-10-8-34-24(30)20-12-18(22(28)32-6)14(2)26-16(20)4/h25-26H,7-12H2,1-6H3. The molecule has 0 spiro atoms. The fraction of sp³-hybridized carbons (Fsp3) is 0.500. The first kappa shape index (κ1) is 28.0. The third-order valence-corrected chi connectivity index (χ3v) is 6.46.